The summed E-state index contributed by atoms with van der Waals surface area (Å²) in [4.78, 5) is 8.17. The van der Waals surface area contributed by atoms with Gasteiger partial charge in [0.2, 0.25) is 0 Å². The Hall–Kier alpha value is -1.22. The Labute approximate surface area is 164 Å². The fourth-order valence-electron chi connectivity index (χ4n) is 2.21. The minimum Gasteiger partial charge on any atom is -0.384 e. The van der Waals surface area contributed by atoms with Gasteiger partial charge in [-0.05, 0) is 70.0 Å². The van der Waals surface area contributed by atoms with Gasteiger partial charge in [-0.1, -0.05) is 12.1 Å². The molecule has 3 rings (SSSR count). The van der Waals surface area contributed by atoms with E-state index in [1.165, 1.54) is 0 Å². The number of rotatable bonds is 3. The molecule has 0 aromatic carbocycles. The molecule has 0 saturated carbocycles. The van der Waals surface area contributed by atoms with Crippen LogP contribution in [-0.4, -0.2) is 41.4 Å². The first-order valence-corrected chi connectivity index (χ1v) is 9.43. The van der Waals surface area contributed by atoms with Crippen LogP contribution in [-0.2, 0) is 9.47 Å². The second-order valence-electron chi connectivity index (χ2n) is 6.13. The van der Waals surface area contributed by atoms with Gasteiger partial charge in [-0.3, -0.25) is 0 Å². The van der Waals surface area contributed by atoms with E-state index >= 15 is 0 Å². The predicted molar refractivity (Wildman–Crippen MR) is 107 cm³/mol. The van der Waals surface area contributed by atoms with Crippen LogP contribution in [0.1, 0.15) is 13.8 Å². The van der Waals surface area contributed by atoms with Crippen LogP contribution < -0.4 is 11.1 Å². The molecule has 1 aliphatic rings. The molecule has 0 bridgehead atoms. The summed E-state index contributed by atoms with van der Waals surface area (Å²) in [5, 5.41) is 3.25. The molecule has 2 aromatic heterocycles. The Morgan fingerprint density at radius 1 is 1.16 bits per heavy atom. The molecule has 25 heavy (non-hydrogen) atoms. The van der Waals surface area contributed by atoms with Crippen LogP contribution in [0, 0.1) is 0 Å². The van der Waals surface area contributed by atoms with Crippen molar-refractivity contribution in [2.75, 3.05) is 30.8 Å². The lowest BCUT2D eigenvalue weighted by molar-refractivity contribution is -0.177. The number of halogens is 2. The van der Waals surface area contributed by atoms with Crippen molar-refractivity contribution in [2.24, 2.45) is 0 Å². The summed E-state index contributed by atoms with van der Waals surface area (Å²) in [5.41, 5.74) is 5.12. The zero-order chi connectivity index (χ0) is 18.3. The monoisotopic (exact) mass is 472 g/mol. The van der Waals surface area contributed by atoms with Gasteiger partial charge in [-0.15, -0.1) is 0 Å². The van der Waals surface area contributed by atoms with Crippen molar-refractivity contribution < 1.29 is 9.47 Å². The Kier molecular flexibility index (Phi) is 7.61. The minimum absolute atomic E-state index is 0.0690. The Balaban J connectivity index is 0.000000236. The second kappa shape index (κ2) is 9.47. The third-order valence-electron chi connectivity index (χ3n) is 3.20. The predicted octanol–water partition coefficient (Wildman–Crippen LogP) is 3.88. The highest BCUT2D eigenvalue weighted by atomic mass is 79.9. The number of nitrogen functional groups attached to an aromatic ring is 1. The van der Waals surface area contributed by atoms with E-state index in [0.29, 0.717) is 25.6 Å². The average molecular weight is 474 g/mol. The third-order valence-corrected chi connectivity index (χ3v) is 4.09. The number of aromatic nitrogens is 2. The van der Waals surface area contributed by atoms with Gasteiger partial charge in [0.25, 0.3) is 0 Å². The molecular formula is C17H22Br2N4O2. The van der Waals surface area contributed by atoms with E-state index < -0.39 is 0 Å². The van der Waals surface area contributed by atoms with Crippen LogP contribution in [0.2, 0.25) is 0 Å². The molecule has 1 saturated heterocycles. The zero-order valence-corrected chi connectivity index (χ0v) is 17.4. The molecule has 2 aromatic rings. The molecule has 6 nitrogen and oxygen atoms in total. The average Bonchev–Trinajstić information content (AvgIpc) is 2.53. The summed E-state index contributed by atoms with van der Waals surface area (Å²) in [5.74, 6) is 1.38. The van der Waals surface area contributed by atoms with Crippen molar-refractivity contribution in [3.8, 4) is 0 Å². The first kappa shape index (κ1) is 20.1. The molecule has 0 radical (unpaired) electrons. The highest BCUT2D eigenvalue weighted by Crippen LogP contribution is 2.19. The number of nitrogens with one attached hydrogen (secondary N) is 1. The first-order valence-electron chi connectivity index (χ1n) is 7.84. The summed E-state index contributed by atoms with van der Waals surface area (Å²) in [6.07, 6.45) is 0.0690. The van der Waals surface area contributed by atoms with E-state index in [9.17, 15) is 0 Å². The SMILES string of the molecule is CC1(C)COCC(CNc2cccc(Br)n2)O1.Nc1cccc(Br)n1. The fourth-order valence-corrected chi connectivity index (χ4v) is 2.91. The third kappa shape index (κ3) is 7.68. The normalized spacial score (nSPS) is 18.8. The lowest BCUT2D eigenvalue weighted by Crippen LogP contribution is -2.45. The summed E-state index contributed by atoms with van der Waals surface area (Å²) in [6.45, 7) is 6.06. The number of ether oxygens (including phenoxy) is 2. The molecule has 0 amide bonds. The standard InChI is InChI=1S/C12H17BrN2O2.C5H5BrN2/c1-12(2)8-16-7-9(17-12)6-14-11-5-3-4-10(13)15-11;6-4-2-1-3-5(7)8-4/h3-5,9H,6-8H2,1-2H3,(H,14,15);1-3H,(H2,7,8). The van der Waals surface area contributed by atoms with Gasteiger partial charge in [-0.2, -0.15) is 0 Å². The van der Waals surface area contributed by atoms with Gasteiger partial charge in [0.1, 0.15) is 20.8 Å². The number of nitrogens with two attached hydrogens (primary N) is 1. The van der Waals surface area contributed by atoms with Crippen molar-refractivity contribution in [3.63, 3.8) is 0 Å². The van der Waals surface area contributed by atoms with Gasteiger partial charge in [0.05, 0.1) is 24.9 Å². The molecule has 1 atom stereocenters. The summed E-state index contributed by atoms with van der Waals surface area (Å²) in [7, 11) is 0. The lowest BCUT2D eigenvalue weighted by atomic mass is 10.1. The summed E-state index contributed by atoms with van der Waals surface area (Å²) >= 11 is 6.51. The second-order valence-corrected chi connectivity index (χ2v) is 7.75. The van der Waals surface area contributed by atoms with E-state index in [1.54, 1.807) is 6.07 Å². The topological polar surface area (TPSA) is 82.3 Å². The summed E-state index contributed by atoms with van der Waals surface area (Å²) in [6, 6.07) is 11.2. The van der Waals surface area contributed by atoms with Crippen molar-refractivity contribution >= 4 is 43.5 Å². The maximum atomic E-state index is 5.90. The van der Waals surface area contributed by atoms with E-state index in [4.69, 9.17) is 15.2 Å². The van der Waals surface area contributed by atoms with Crippen molar-refractivity contribution in [1.29, 1.82) is 0 Å². The zero-order valence-electron chi connectivity index (χ0n) is 14.2. The van der Waals surface area contributed by atoms with Crippen LogP contribution in [0.4, 0.5) is 11.6 Å². The van der Waals surface area contributed by atoms with Gasteiger partial charge in [0, 0.05) is 6.54 Å². The van der Waals surface area contributed by atoms with E-state index in [1.807, 2.05) is 44.2 Å². The van der Waals surface area contributed by atoms with Gasteiger partial charge >= 0.3 is 0 Å². The highest BCUT2D eigenvalue weighted by molar-refractivity contribution is 9.10. The van der Waals surface area contributed by atoms with Crippen LogP contribution in [0.15, 0.2) is 45.6 Å². The van der Waals surface area contributed by atoms with Gasteiger partial charge < -0.3 is 20.5 Å². The van der Waals surface area contributed by atoms with Crippen LogP contribution >= 0.6 is 31.9 Å². The first-order chi connectivity index (χ1) is 11.8. The number of anilines is 2. The smallest absolute Gasteiger partial charge is 0.127 e. The number of hydrogen-bond donors (Lipinski definition) is 2. The maximum absolute atomic E-state index is 5.90. The molecule has 1 fully saturated rings. The van der Waals surface area contributed by atoms with Crippen molar-refractivity contribution in [1.82, 2.24) is 9.97 Å². The number of hydrogen-bond acceptors (Lipinski definition) is 6. The molecule has 1 unspecified atom stereocenters. The molecule has 0 spiro atoms. The molecular weight excluding hydrogens is 452 g/mol. The van der Waals surface area contributed by atoms with Crippen molar-refractivity contribution in [3.05, 3.63) is 45.6 Å². The van der Waals surface area contributed by atoms with E-state index in [2.05, 4.69) is 47.1 Å². The Morgan fingerprint density at radius 2 is 1.84 bits per heavy atom. The number of pyridine rings is 2. The van der Waals surface area contributed by atoms with Crippen LogP contribution in [0.3, 0.4) is 0 Å². The van der Waals surface area contributed by atoms with Crippen LogP contribution in [0.25, 0.3) is 0 Å². The molecule has 3 N–H and O–H groups in total. The quantitative estimate of drug-likeness (QED) is 0.658. The Morgan fingerprint density at radius 3 is 2.40 bits per heavy atom. The van der Waals surface area contributed by atoms with E-state index in [0.717, 1.165) is 15.0 Å². The van der Waals surface area contributed by atoms with Crippen LogP contribution in [0.5, 0.6) is 0 Å². The largest absolute Gasteiger partial charge is 0.384 e. The Bertz CT molecular complexity index is 668. The summed E-state index contributed by atoms with van der Waals surface area (Å²) < 4.78 is 13.0. The lowest BCUT2D eigenvalue weighted by Gasteiger charge is -2.35. The molecule has 1 aliphatic heterocycles. The molecule has 8 heteroatoms. The van der Waals surface area contributed by atoms with Crippen molar-refractivity contribution in [2.45, 2.75) is 25.6 Å². The fraction of sp³-hybridized carbons (Fsp3) is 0.412. The highest BCUT2D eigenvalue weighted by Gasteiger charge is 2.29. The minimum atomic E-state index is -0.199. The van der Waals surface area contributed by atoms with E-state index in [-0.39, 0.29) is 11.7 Å². The van der Waals surface area contributed by atoms with Gasteiger partial charge in [0.15, 0.2) is 0 Å². The molecule has 0 aliphatic carbocycles. The number of nitrogens with zero attached hydrogens (tertiary/aromatic N) is 2. The maximum Gasteiger partial charge on any atom is 0.127 e. The van der Waals surface area contributed by atoms with Gasteiger partial charge in [-0.25, -0.2) is 9.97 Å². The molecule has 3 heterocycles. The molecule has 136 valence electrons.